The molecule has 0 fully saturated rings. The molecule has 76 heavy (non-hydrogen) atoms. The molecule has 0 aromatic heterocycles. The van der Waals surface area contributed by atoms with Gasteiger partial charge in [-0.1, -0.05) is 179 Å². The zero-order chi connectivity index (χ0) is 52.4. The average molecular weight is 1000 g/mol. The van der Waals surface area contributed by atoms with Crippen molar-refractivity contribution in [3.05, 3.63) is 315 Å². The molecule has 0 spiro atoms. The van der Waals surface area contributed by atoms with Crippen molar-refractivity contribution in [1.29, 1.82) is 0 Å². The van der Waals surface area contributed by atoms with Crippen molar-refractivity contribution in [2.45, 2.75) is 30.1 Å². The number of anilines is 3. The Morgan fingerprint density at radius 1 is 0.342 bits per heavy atom. The van der Waals surface area contributed by atoms with Crippen LogP contribution in [-0.4, -0.2) is 0 Å². The van der Waals surface area contributed by atoms with E-state index >= 15 is 26.3 Å². The summed E-state index contributed by atoms with van der Waals surface area (Å²) < 4.78 is 97.6. The second kappa shape index (κ2) is 17.1. The van der Waals surface area contributed by atoms with Crippen LogP contribution in [0.25, 0.3) is 45.5 Å². The van der Waals surface area contributed by atoms with Gasteiger partial charge in [0.1, 0.15) is 11.6 Å². The van der Waals surface area contributed by atoms with Crippen molar-refractivity contribution in [1.82, 2.24) is 0 Å². The molecule has 0 radical (unpaired) electrons. The van der Waals surface area contributed by atoms with Crippen molar-refractivity contribution in [3.8, 4) is 33.4 Å². The molecular formula is C69H45F6N. The SMILES string of the molecule is C=Cc1ccc(C2(c3cc(F)cc(F)c3F)c3ccccc3-c3ccc(N(c4ccc5c(c4)C(C)(C)c4ccccc4-5)c4ccc5c(c4)C(c4ccc(C=C)cc4)(c4cc(F)cc(F)c4F)c4ccccc4-5)cc32)cc1. The van der Waals surface area contributed by atoms with Gasteiger partial charge >= 0.3 is 0 Å². The Labute approximate surface area is 437 Å². The summed E-state index contributed by atoms with van der Waals surface area (Å²) in [4.78, 5) is 2.08. The summed E-state index contributed by atoms with van der Waals surface area (Å²) in [5.74, 6) is -6.87. The third kappa shape index (κ3) is 6.47. The molecule has 2 unspecified atom stereocenters. The largest absolute Gasteiger partial charge is 0.310 e. The number of benzene rings is 10. The minimum atomic E-state index is -1.59. The van der Waals surface area contributed by atoms with Crippen LogP contribution in [-0.2, 0) is 16.2 Å². The molecule has 0 saturated carbocycles. The van der Waals surface area contributed by atoms with E-state index in [1.807, 2.05) is 152 Å². The topological polar surface area (TPSA) is 3.24 Å². The van der Waals surface area contributed by atoms with Crippen molar-refractivity contribution < 1.29 is 26.3 Å². The lowest BCUT2D eigenvalue weighted by atomic mass is 9.67. The molecule has 2 atom stereocenters. The van der Waals surface area contributed by atoms with Crippen LogP contribution in [0.15, 0.2) is 213 Å². The number of hydrogen-bond acceptors (Lipinski definition) is 1. The smallest absolute Gasteiger partial charge is 0.163 e. The van der Waals surface area contributed by atoms with Gasteiger partial charge in [0, 0.05) is 45.7 Å². The fourth-order valence-corrected chi connectivity index (χ4v) is 13.0. The molecule has 3 aliphatic carbocycles. The molecule has 13 rings (SSSR count). The summed E-state index contributed by atoms with van der Waals surface area (Å²) in [5.41, 5.74) is 10.5. The Morgan fingerprint density at radius 2 is 0.684 bits per heavy atom. The Bertz CT molecular complexity index is 3890. The molecule has 0 bridgehead atoms. The lowest BCUT2D eigenvalue weighted by Crippen LogP contribution is -2.31. The van der Waals surface area contributed by atoms with E-state index in [1.54, 1.807) is 12.2 Å². The number of hydrogen-bond donors (Lipinski definition) is 0. The van der Waals surface area contributed by atoms with E-state index in [0.29, 0.717) is 56.9 Å². The normalized spacial score (nSPS) is 17.0. The molecule has 3 aliphatic rings. The zero-order valence-electron chi connectivity index (χ0n) is 41.3. The first-order valence-electron chi connectivity index (χ1n) is 25.1. The molecule has 0 saturated heterocycles. The Hall–Kier alpha value is -8.94. The summed E-state index contributed by atoms with van der Waals surface area (Å²) in [6, 6.07) is 59.7. The predicted octanol–water partition coefficient (Wildman–Crippen LogP) is 18.3. The number of nitrogens with zero attached hydrogens (tertiary/aromatic N) is 1. The quantitative estimate of drug-likeness (QED) is 0.103. The number of rotatable bonds is 9. The summed E-state index contributed by atoms with van der Waals surface area (Å²) >= 11 is 0. The molecule has 368 valence electrons. The van der Waals surface area contributed by atoms with Gasteiger partial charge in [0.15, 0.2) is 23.3 Å². The van der Waals surface area contributed by atoms with E-state index in [1.165, 1.54) is 5.56 Å². The van der Waals surface area contributed by atoms with Crippen molar-refractivity contribution in [3.63, 3.8) is 0 Å². The lowest BCUT2D eigenvalue weighted by molar-refractivity contribution is 0.474. The van der Waals surface area contributed by atoms with Gasteiger partial charge in [-0.05, 0) is 138 Å². The highest BCUT2D eigenvalue weighted by molar-refractivity contribution is 5.93. The minimum absolute atomic E-state index is 0.199. The summed E-state index contributed by atoms with van der Waals surface area (Å²) in [5, 5.41) is 0. The van der Waals surface area contributed by atoms with Gasteiger partial charge in [0.05, 0.1) is 10.8 Å². The van der Waals surface area contributed by atoms with E-state index in [4.69, 9.17) is 0 Å². The molecule has 0 amide bonds. The van der Waals surface area contributed by atoms with E-state index in [9.17, 15) is 0 Å². The molecule has 10 aromatic rings. The van der Waals surface area contributed by atoms with E-state index < -0.39 is 51.1 Å². The Balaban J connectivity index is 1.13. The van der Waals surface area contributed by atoms with Gasteiger partial charge in [0.2, 0.25) is 0 Å². The van der Waals surface area contributed by atoms with Crippen LogP contribution in [0.1, 0.15) is 80.6 Å². The predicted molar refractivity (Wildman–Crippen MR) is 293 cm³/mol. The molecule has 0 N–H and O–H groups in total. The molecule has 7 heteroatoms. The highest BCUT2D eigenvalue weighted by atomic mass is 19.2. The highest BCUT2D eigenvalue weighted by Crippen LogP contribution is 2.61. The summed E-state index contributed by atoms with van der Waals surface area (Å²) in [6.45, 7) is 12.3. The maximum absolute atomic E-state index is 17.1. The fourth-order valence-electron chi connectivity index (χ4n) is 13.0. The Morgan fingerprint density at radius 3 is 1.09 bits per heavy atom. The van der Waals surface area contributed by atoms with Gasteiger partial charge < -0.3 is 4.90 Å². The minimum Gasteiger partial charge on any atom is -0.310 e. The van der Waals surface area contributed by atoms with Gasteiger partial charge in [-0.25, -0.2) is 26.3 Å². The van der Waals surface area contributed by atoms with E-state index in [0.717, 1.165) is 67.9 Å². The van der Waals surface area contributed by atoms with Crippen LogP contribution in [0, 0.1) is 34.9 Å². The number of halogens is 6. The highest BCUT2D eigenvalue weighted by Gasteiger charge is 2.51. The standard InChI is InChI=1S/C69H45F6N/c1-5-40-19-23-42(24-20-40)68(61-33-44(70)35-63(72)65(61)74)56-17-11-8-14-50(56)53-31-28-47(38-59(53)68)76(46-27-30-52-49-13-7-10-16-55(49)67(3,4)58(52)37-46)48-29-32-54-51-15-9-12-18-57(51)69(60(54)39-48,43-25-21-41(6-2)22-26-43)62-34-45(71)36-64(73)66(62)75/h5-39H,1-2H2,3-4H3. The lowest BCUT2D eigenvalue weighted by Gasteiger charge is -2.36. The average Bonchev–Trinajstić information content (AvgIpc) is 4.14. The molecule has 0 aliphatic heterocycles. The first-order chi connectivity index (χ1) is 36.8. The van der Waals surface area contributed by atoms with Crippen LogP contribution in [0.2, 0.25) is 0 Å². The van der Waals surface area contributed by atoms with Gasteiger partial charge in [-0.3, -0.25) is 0 Å². The zero-order valence-corrected chi connectivity index (χ0v) is 41.3. The third-order valence-electron chi connectivity index (χ3n) is 16.4. The maximum atomic E-state index is 17.1. The van der Waals surface area contributed by atoms with Crippen LogP contribution in [0.3, 0.4) is 0 Å². The van der Waals surface area contributed by atoms with E-state index in [2.05, 4.69) is 56.2 Å². The fraction of sp³-hybridized carbons (Fsp3) is 0.0725. The number of fused-ring (bicyclic) bond motifs is 9. The van der Waals surface area contributed by atoms with Crippen molar-refractivity contribution in [2.75, 3.05) is 4.90 Å². The molecule has 0 heterocycles. The maximum Gasteiger partial charge on any atom is 0.163 e. The van der Waals surface area contributed by atoms with Crippen LogP contribution >= 0.6 is 0 Å². The first-order valence-corrected chi connectivity index (χ1v) is 25.1. The van der Waals surface area contributed by atoms with Gasteiger partial charge in [-0.2, -0.15) is 0 Å². The summed E-state index contributed by atoms with van der Waals surface area (Å²) in [7, 11) is 0. The van der Waals surface area contributed by atoms with Crippen molar-refractivity contribution >= 4 is 29.2 Å². The van der Waals surface area contributed by atoms with Crippen LogP contribution in [0.5, 0.6) is 0 Å². The van der Waals surface area contributed by atoms with Crippen LogP contribution < -0.4 is 4.90 Å². The van der Waals surface area contributed by atoms with Gasteiger partial charge in [0.25, 0.3) is 0 Å². The molecular weight excluding hydrogens is 957 g/mol. The summed E-state index contributed by atoms with van der Waals surface area (Å²) in [6.07, 6.45) is 3.39. The molecule has 10 aromatic carbocycles. The van der Waals surface area contributed by atoms with Gasteiger partial charge in [-0.15, -0.1) is 0 Å². The van der Waals surface area contributed by atoms with Crippen LogP contribution in [0.4, 0.5) is 43.4 Å². The monoisotopic (exact) mass is 1000 g/mol. The second-order valence-electron chi connectivity index (χ2n) is 20.4. The second-order valence-corrected chi connectivity index (χ2v) is 20.4. The third-order valence-corrected chi connectivity index (χ3v) is 16.4. The van der Waals surface area contributed by atoms with E-state index in [-0.39, 0.29) is 11.1 Å². The Kier molecular flexibility index (Phi) is 10.5. The molecule has 1 nitrogen and oxygen atoms in total. The first kappa shape index (κ1) is 46.8. The van der Waals surface area contributed by atoms with Crippen molar-refractivity contribution in [2.24, 2.45) is 0 Å².